The minimum atomic E-state index is -0.626. The molecule has 0 bridgehead atoms. The van der Waals surface area contributed by atoms with E-state index < -0.39 is 5.97 Å². The van der Waals surface area contributed by atoms with Gasteiger partial charge in [0.05, 0.1) is 12.7 Å². The zero-order valence-corrected chi connectivity index (χ0v) is 15.1. The van der Waals surface area contributed by atoms with E-state index in [1.54, 1.807) is 36.4 Å². The molecule has 1 amide bonds. The van der Waals surface area contributed by atoms with Crippen LogP contribution in [-0.2, 0) is 9.53 Å². The van der Waals surface area contributed by atoms with E-state index in [1.165, 1.54) is 13.2 Å². The van der Waals surface area contributed by atoms with Crippen LogP contribution in [0.2, 0.25) is 5.02 Å². The van der Waals surface area contributed by atoms with Crippen molar-refractivity contribution in [2.75, 3.05) is 7.11 Å². The first kappa shape index (κ1) is 17.5. The number of esters is 1. The Balaban J connectivity index is 2.29. The second-order valence-corrected chi connectivity index (χ2v) is 6.13. The summed E-state index contributed by atoms with van der Waals surface area (Å²) in [5, 5.41) is 3.19. The molecule has 0 saturated heterocycles. The average Bonchev–Trinajstić information content (AvgIpc) is 2.55. The highest BCUT2D eigenvalue weighted by Gasteiger charge is 2.16. The van der Waals surface area contributed by atoms with Crippen molar-refractivity contribution in [1.29, 1.82) is 0 Å². The second-order valence-electron chi connectivity index (χ2n) is 4.54. The third-order valence-corrected chi connectivity index (χ3v) is 4.15. The van der Waals surface area contributed by atoms with Crippen LogP contribution >= 0.6 is 34.2 Å². The van der Waals surface area contributed by atoms with Gasteiger partial charge in [-0.2, -0.15) is 0 Å². The van der Waals surface area contributed by atoms with E-state index >= 15 is 0 Å². The van der Waals surface area contributed by atoms with Gasteiger partial charge in [0.2, 0.25) is 0 Å². The minimum absolute atomic E-state index is 0.0551. The van der Waals surface area contributed by atoms with Crippen LogP contribution in [0, 0.1) is 3.57 Å². The van der Waals surface area contributed by atoms with Gasteiger partial charge in [-0.1, -0.05) is 35.9 Å². The summed E-state index contributed by atoms with van der Waals surface area (Å²) in [5.41, 5.74) is 1.26. The number of hydrogen-bond donors (Lipinski definition) is 1. The molecule has 0 fully saturated rings. The largest absolute Gasteiger partial charge is 0.464 e. The molecule has 0 unspecified atom stereocenters. The molecule has 1 N–H and O–H groups in total. The van der Waals surface area contributed by atoms with Crippen molar-refractivity contribution in [2.24, 2.45) is 0 Å². The Bertz CT molecular complexity index is 757. The molecule has 6 heteroatoms. The first-order chi connectivity index (χ1) is 11.0. The summed E-state index contributed by atoms with van der Waals surface area (Å²) < 4.78 is 5.52. The quantitative estimate of drug-likeness (QED) is 0.445. The summed E-state index contributed by atoms with van der Waals surface area (Å²) in [7, 11) is 1.26. The molecule has 0 radical (unpaired) electrons. The molecule has 4 nitrogen and oxygen atoms in total. The van der Waals surface area contributed by atoms with Crippen LogP contribution in [0.15, 0.2) is 54.2 Å². The summed E-state index contributed by atoms with van der Waals surface area (Å²) >= 11 is 7.90. The number of nitrogens with one attached hydrogen (secondary N) is 1. The maximum atomic E-state index is 12.4. The summed E-state index contributed by atoms with van der Waals surface area (Å²) in [5.74, 6) is -1.00. The number of hydrogen-bond acceptors (Lipinski definition) is 3. The smallest absolute Gasteiger partial charge is 0.354 e. The fourth-order valence-corrected chi connectivity index (χ4v) is 2.57. The van der Waals surface area contributed by atoms with Crippen molar-refractivity contribution in [3.05, 3.63) is 73.9 Å². The Morgan fingerprint density at radius 3 is 2.39 bits per heavy atom. The van der Waals surface area contributed by atoms with Crippen LogP contribution in [0.5, 0.6) is 0 Å². The Morgan fingerprint density at radius 1 is 1.13 bits per heavy atom. The number of methoxy groups -OCH3 is 1. The third-order valence-electron chi connectivity index (χ3n) is 2.95. The molecular weight excluding hydrogens is 429 g/mol. The van der Waals surface area contributed by atoms with Crippen molar-refractivity contribution in [2.45, 2.75) is 0 Å². The highest BCUT2D eigenvalue weighted by Crippen LogP contribution is 2.14. The Hall–Kier alpha value is -1.86. The topological polar surface area (TPSA) is 55.4 Å². The zero-order valence-electron chi connectivity index (χ0n) is 12.2. The van der Waals surface area contributed by atoms with E-state index in [0.29, 0.717) is 10.6 Å². The van der Waals surface area contributed by atoms with Gasteiger partial charge in [-0.05, 0) is 58.5 Å². The zero-order chi connectivity index (χ0) is 16.8. The molecule has 0 aromatic heterocycles. The molecule has 23 heavy (non-hydrogen) atoms. The van der Waals surface area contributed by atoms with Gasteiger partial charge >= 0.3 is 5.97 Å². The number of rotatable bonds is 4. The molecule has 0 spiro atoms. The molecule has 0 saturated carbocycles. The van der Waals surface area contributed by atoms with Gasteiger partial charge in [0.25, 0.3) is 5.91 Å². The number of amides is 1. The lowest BCUT2D eigenvalue weighted by molar-refractivity contribution is -0.136. The summed E-state index contributed by atoms with van der Waals surface area (Å²) in [4.78, 5) is 24.3. The van der Waals surface area contributed by atoms with Gasteiger partial charge in [0, 0.05) is 8.59 Å². The van der Waals surface area contributed by atoms with Crippen molar-refractivity contribution < 1.29 is 14.3 Å². The number of carbonyl (C=O) groups excluding carboxylic acids is 2. The third kappa shape index (κ3) is 4.80. The van der Waals surface area contributed by atoms with E-state index in [1.807, 2.05) is 12.1 Å². The van der Waals surface area contributed by atoms with Crippen molar-refractivity contribution >= 4 is 52.1 Å². The van der Waals surface area contributed by atoms with Gasteiger partial charge in [0.1, 0.15) is 5.70 Å². The summed E-state index contributed by atoms with van der Waals surface area (Å²) in [6.07, 6.45) is 1.54. The standard InChI is InChI=1S/C17H13ClINO3/c1-23-17(22)15(10-11-6-8-12(18)9-7-11)20-16(21)13-4-2-3-5-14(13)19/h2-10H,1H3,(H,20,21). The monoisotopic (exact) mass is 441 g/mol. The maximum absolute atomic E-state index is 12.4. The molecule has 2 aromatic rings. The highest BCUT2D eigenvalue weighted by atomic mass is 127. The predicted molar refractivity (Wildman–Crippen MR) is 98.1 cm³/mol. The van der Waals surface area contributed by atoms with Gasteiger partial charge < -0.3 is 10.1 Å². The lowest BCUT2D eigenvalue weighted by Crippen LogP contribution is -2.28. The first-order valence-electron chi connectivity index (χ1n) is 6.62. The second kappa shape index (κ2) is 8.12. The van der Waals surface area contributed by atoms with Gasteiger partial charge in [-0.3, -0.25) is 4.79 Å². The van der Waals surface area contributed by atoms with Crippen molar-refractivity contribution in [3.63, 3.8) is 0 Å². The Morgan fingerprint density at radius 2 is 1.78 bits per heavy atom. The number of carbonyl (C=O) groups is 2. The average molecular weight is 442 g/mol. The number of ether oxygens (including phenoxy) is 1. The lowest BCUT2D eigenvalue weighted by atomic mass is 10.1. The van der Waals surface area contributed by atoms with E-state index in [9.17, 15) is 9.59 Å². The fraction of sp³-hybridized carbons (Fsp3) is 0.0588. The van der Waals surface area contributed by atoms with Crippen LogP contribution in [-0.4, -0.2) is 19.0 Å². The maximum Gasteiger partial charge on any atom is 0.354 e. The molecular formula is C17H13ClINO3. The van der Waals surface area contributed by atoms with E-state index in [2.05, 4.69) is 27.9 Å². The van der Waals surface area contributed by atoms with Crippen LogP contribution < -0.4 is 5.32 Å². The molecule has 0 aliphatic heterocycles. The molecule has 118 valence electrons. The van der Waals surface area contributed by atoms with E-state index in [4.69, 9.17) is 16.3 Å². The SMILES string of the molecule is COC(=O)C(=Cc1ccc(Cl)cc1)NC(=O)c1ccccc1I. The van der Waals surface area contributed by atoms with Crippen LogP contribution in [0.4, 0.5) is 0 Å². The Labute approximate surface area is 152 Å². The highest BCUT2D eigenvalue weighted by molar-refractivity contribution is 14.1. The van der Waals surface area contributed by atoms with Gasteiger partial charge in [-0.15, -0.1) is 0 Å². The molecule has 0 aliphatic carbocycles. The molecule has 2 rings (SSSR count). The molecule has 0 aliphatic rings. The number of benzene rings is 2. The molecule has 0 atom stereocenters. The van der Waals surface area contributed by atoms with Crippen LogP contribution in [0.25, 0.3) is 6.08 Å². The molecule has 2 aromatic carbocycles. The first-order valence-corrected chi connectivity index (χ1v) is 8.08. The minimum Gasteiger partial charge on any atom is -0.464 e. The Kier molecular flexibility index (Phi) is 6.18. The normalized spacial score (nSPS) is 11.0. The number of halogens is 2. The van der Waals surface area contributed by atoms with Crippen LogP contribution in [0.3, 0.4) is 0 Å². The summed E-state index contributed by atoms with van der Waals surface area (Å²) in [6.45, 7) is 0. The lowest BCUT2D eigenvalue weighted by Gasteiger charge is -2.09. The summed E-state index contributed by atoms with van der Waals surface area (Å²) in [6, 6.07) is 14.0. The predicted octanol–water partition coefficient (Wildman–Crippen LogP) is 3.89. The van der Waals surface area contributed by atoms with Crippen LogP contribution in [0.1, 0.15) is 15.9 Å². The molecule has 0 heterocycles. The van der Waals surface area contributed by atoms with E-state index in [-0.39, 0.29) is 11.6 Å². The fourth-order valence-electron chi connectivity index (χ4n) is 1.82. The van der Waals surface area contributed by atoms with E-state index in [0.717, 1.165) is 9.13 Å². The van der Waals surface area contributed by atoms with Gasteiger partial charge in [-0.25, -0.2) is 4.79 Å². The van der Waals surface area contributed by atoms with Crippen molar-refractivity contribution in [3.8, 4) is 0 Å². The van der Waals surface area contributed by atoms with Gasteiger partial charge in [0.15, 0.2) is 0 Å². The van der Waals surface area contributed by atoms with Crippen molar-refractivity contribution in [1.82, 2.24) is 5.32 Å².